The summed E-state index contributed by atoms with van der Waals surface area (Å²) in [5, 5.41) is 1.92. The van der Waals surface area contributed by atoms with E-state index in [4.69, 9.17) is 0 Å². The largest absolute Gasteiger partial charge is 0.340 e. The van der Waals surface area contributed by atoms with Crippen LogP contribution in [-0.2, 0) is 17.8 Å². The molecule has 0 unspecified atom stereocenters. The maximum Gasteiger partial charge on any atom is 0.227 e. The van der Waals surface area contributed by atoms with Crippen molar-refractivity contribution in [2.24, 2.45) is 0 Å². The number of rotatable bonds is 4. The molecule has 0 aliphatic carbocycles. The van der Waals surface area contributed by atoms with E-state index < -0.39 is 11.6 Å². The molecule has 0 saturated carbocycles. The van der Waals surface area contributed by atoms with E-state index in [-0.39, 0.29) is 17.9 Å². The third-order valence-corrected chi connectivity index (χ3v) is 4.51. The van der Waals surface area contributed by atoms with Gasteiger partial charge in [0.2, 0.25) is 5.91 Å². The highest BCUT2D eigenvalue weighted by Crippen LogP contribution is 2.21. The first kappa shape index (κ1) is 15.1. The molecule has 2 rings (SSSR count). The summed E-state index contributed by atoms with van der Waals surface area (Å²) in [6, 6.07) is 5.51. The summed E-state index contributed by atoms with van der Waals surface area (Å²) >= 11 is 4.86. The maximum absolute atomic E-state index is 13.5. The van der Waals surface area contributed by atoms with Crippen LogP contribution in [0.4, 0.5) is 8.78 Å². The number of thiophene rings is 1. The average Bonchev–Trinajstić information content (AvgIpc) is 2.79. The van der Waals surface area contributed by atoms with Crippen molar-refractivity contribution in [3.05, 3.63) is 56.2 Å². The molecule has 0 radical (unpaired) electrons. The highest BCUT2D eigenvalue weighted by Gasteiger charge is 2.16. The summed E-state index contributed by atoms with van der Waals surface area (Å²) < 4.78 is 27.9. The van der Waals surface area contributed by atoms with Crippen LogP contribution < -0.4 is 0 Å². The highest BCUT2D eigenvalue weighted by molar-refractivity contribution is 9.10. The fourth-order valence-corrected chi connectivity index (χ4v) is 3.25. The Kier molecular flexibility index (Phi) is 4.88. The monoisotopic (exact) mass is 359 g/mol. The Labute approximate surface area is 128 Å². The lowest BCUT2D eigenvalue weighted by atomic mass is 10.1. The van der Waals surface area contributed by atoms with Gasteiger partial charge in [0.1, 0.15) is 11.6 Å². The Morgan fingerprint density at radius 3 is 2.55 bits per heavy atom. The van der Waals surface area contributed by atoms with Crippen LogP contribution in [0.5, 0.6) is 0 Å². The van der Waals surface area contributed by atoms with Gasteiger partial charge >= 0.3 is 0 Å². The molecule has 2 aromatic rings. The van der Waals surface area contributed by atoms with Gasteiger partial charge in [-0.05, 0) is 34.1 Å². The van der Waals surface area contributed by atoms with Crippen molar-refractivity contribution in [2.75, 3.05) is 7.05 Å². The summed E-state index contributed by atoms with van der Waals surface area (Å²) in [4.78, 5) is 14.5. The number of carbonyl (C=O) groups is 1. The molecule has 6 heteroatoms. The second-order valence-corrected chi connectivity index (χ2v) is 6.27. The highest BCUT2D eigenvalue weighted by atomic mass is 79.9. The molecule has 1 heterocycles. The normalized spacial score (nSPS) is 10.6. The first-order chi connectivity index (χ1) is 9.47. The topological polar surface area (TPSA) is 20.3 Å². The van der Waals surface area contributed by atoms with Crippen molar-refractivity contribution in [2.45, 2.75) is 13.0 Å². The number of hydrogen-bond donors (Lipinski definition) is 0. The van der Waals surface area contributed by atoms with E-state index in [0.29, 0.717) is 6.54 Å². The first-order valence-corrected chi connectivity index (χ1v) is 7.54. The van der Waals surface area contributed by atoms with E-state index in [0.717, 1.165) is 21.5 Å². The molecule has 0 spiro atoms. The molecule has 0 N–H and O–H groups in total. The summed E-state index contributed by atoms with van der Waals surface area (Å²) in [5.74, 6) is -1.70. The van der Waals surface area contributed by atoms with Crippen LogP contribution in [0.1, 0.15) is 10.4 Å². The quantitative estimate of drug-likeness (QED) is 0.808. The lowest BCUT2D eigenvalue weighted by Gasteiger charge is -2.16. The van der Waals surface area contributed by atoms with Gasteiger partial charge in [-0.2, -0.15) is 0 Å². The molecule has 0 fully saturated rings. The van der Waals surface area contributed by atoms with E-state index in [1.807, 2.05) is 11.4 Å². The molecule has 2 nitrogen and oxygen atoms in total. The predicted molar refractivity (Wildman–Crippen MR) is 78.6 cm³/mol. The third kappa shape index (κ3) is 3.64. The second-order valence-electron chi connectivity index (χ2n) is 4.36. The molecule has 20 heavy (non-hydrogen) atoms. The van der Waals surface area contributed by atoms with E-state index in [1.54, 1.807) is 7.05 Å². The van der Waals surface area contributed by atoms with Crippen LogP contribution in [0.25, 0.3) is 0 Å². The van der Waals surface area contributed by atoms with E-state index in [9.17, 15) is 13.6 Å². The molecule has 106 valence electrons. The smallest absolute Gasteiger partial charge is 0.227 e. The number of nitrogens with zero attached hydrogens (tertiary/aromatic N) is 1. The van der Waals surface area contributed by atoms with Crippen molar-refractivity contribution >= 4 is 33.2 Å². The Morgan fingerprint density at radius 2 is 2.00 bits per heavy atom. The number of halogens is 3. The summed E-state index contributed by atoms with van der Waals surface area (Å²) in [6.07, 6.45) is -0.276. The van der Waals surface area contributed by atoms with Gasteiger partial charge in [-0.15, -0.1) is 11.3 Å². The Hall–Kier alpha value is -1.27. The number of benzene rings is 1. The molecule has 0 aliphatic heterocycles. The van der Waals surface area contributed by atoms with Gasteiger partial charge in [0.15, 0.2) is 0 Å². The molecule has 1 aromatic carbocycles. The van der Waals surface area contributed by atoms with Crippen molar-refractivity contribution in [3.63, 3.8) is 0 Å². The van der Waals surface area contributed by atoms with Crippen LogP contribution >= 0.6 is 27.3 Å². The lowest BCUT2D eigenvalue weighted by molar-refractivity contribution is -0.129. The summed E-state index contributed by atoms with van der Waals surface area (Å²) in [6.45, 7) is 0.422. The number of hydrogen-bond acceptors (Lipinski definition) is 2. The molecule has 1 amide bonds. The predicted octanol–water partition coefficient (Wildman–Crippen LogP) is 3.99. The van der Waals surface area contributed by atoms with Gasteiger partial charge in [0.05, 0.1) is 13.0 Å². The van der Waals surface area contributed by atoms with Crippen molar-refractivity contribution in [1.82, 2.24) is 4.90 Å². The van der Waals surface area contributed by atoms with Crippen LogP contribution in [0.15, 0.2) is 34.1 Å². The Bertz CT molecular complexity index is 609. The standard InChI is InChI=1S/C14H12BrF2NOS/c1-18(7-10-5-9(15)8-20-10)14(19)6-11-12(16)3-2-4-13(11)17/h2-5,8H,6-7H2,1H3. The summed E-state index contributed by atoms with van der Waals surface area (Å²) in [7, 11) is 1.62. The van der Waals surface area contributed by atoms with Crippen molar-refractivity contribution in [3.8, 4) is 0 Å². The molecular weight excluding hydrogens is 348 g/mol. The van der Waals surface area contributed by atoms with E-state index in [1.165, 1.54) is 22.3 Å². The van der Waals surface area contributed by atoms with E-state index in [2.05, 4.69) is 15.9 Å². The van der Waals surface area contributed by atoms with Gasteiger partial charge < -0.3 is 4.90 Å². The van der Waals surface area contributed by atoms with Crippen LogP contribution in [0.3, 0.4) is 0 Å². The second kappa shape index (κ2) is 6.45. The Morgan fingerprint density at radius 1 is 1.35 bits per heavy atom. The zero-order valence-corrected chi connectivity index (χ0v) is 13.1. The van der Waals surface area contributed by atoms with Gasteiger partial charge in [0.25, 0.3) is 0 Å². The minimum Gasteiger partial charge on any atom is -0.340 e. The fraction of sp³-hybridized carbons (Fsp3) is 0.214. The molecule has 0 aliphatic rings. The zero-order valence-electron chi connectivity index (χ0n) is 10.7. The molecule has 0 atom stereocenters. The van der Waals surface area contributed by atoms with Gasteiger partial charge in [0, 0.05) is 27.3 Å². The molecule has 0 bridgehead atoms. The lowest BCUT2D eigenvalue weighted by Crippen LogP contribution is -2.28. The zero-order chi connectivity index (χ0) is 14.7. The van der Waals surface area contributed by atoms with Gasteiger partial charge in [-0.1, -0.05) is 6.07 Å². The molecule has 0 saturated heterocycles. The maximum atomic E-state index is 13.5. The minimum atomic E-state index is -0.689. The van der Waals surface area contributed by atoms with Crippen molar-refractivity contribution in [1.29, 1.82) is 0 Å². The number of carbonyl (C=O) groups excluding carboxylic acids is 1. The Balaban J connectivity index is 2.04. The first-order valence-electron chi connectivity index (χ1n) is 5.87. The SMILES string of the molecule is CN(Cc1cc(Br)cs1)C(=O)Cc1c(F)cccc1F. The van der Waals surface area contributed by atoms with Crippen molar-refractivity contribution < 1.29 is 13.6 Å². The van der Waals surface area contributed by atoms with Crippen LogP contribution in [0, 0.1) is 11.6 Å². The fourth-order valence-electron chi connectivity index (χ4n) is 1.75. The van der Waals surface area contributed by atoms with Crippen LogP contribution in [0.2, 0.25) is 0 Å². The van der Waals surface area contributed by atoms with Gasteiger partial charge in [-0.25, -0.2) is 8.78 Å². The minimum absolute atomic E-state index is 0.184. The number of amides is 1. The van der Waals surface area contributed by atoms with Crippen LogP contribution in [-0.4, -0.2) is 17.9 Å². The average molecular weight is 360 g/mol. The number of likely N-dealkylation sites (N-methyl/N-ethyl adjacent to an activating group) is 1. The molecule has 1 aromatic heterocycles. The third-order valence-electron chi connectivity index (χ3n) is 2.83. The van der Waals surface area contributed by atoms with E-state index >= 15 is 0 Å². The summed E-state index contributed by atoms with van der Waals surface area (Å²) in [5.41, 5.74) is -0.184. The van der Waals surface area contributed by atoms with Gasteiger partial charge in [-0.3, -0.25) is 4.79 Å². The molecular formula is C14H12BrF2NOS.